The van der Waals surface area contributed by atoms with E-state index in [-0.39, 0.29) is 30.3 Å². The van der Waals surface area contributed by atoms with Crippen LogP contribution >= 0.6 is 0 Å². The molecule has 0 bridgehead atoms. The van der Waals surface area contributed by atoms with Gasteiger partial charge in [-0.2, -0.15) is 0 Å². The molecule has 1 saturated carbocycles. The predicted molar refractivity (Wildman–Crippen MR) is 101 cm³/mol. The number of carbonyl (C=O) groups excluding carboxylic acids is 4. The lowest BCUT2D eigenvalue weighted by Gasteiger charge is -2.42. The van der Waals surface area contributed by atoms with Crippen molar-refractivity contribution in [2.45, 2.75) is 65.3 Å². The van der Waals surface area contributed by atoms with Gasteiger partial charge in [-0.1, -0.05) is 27.2 Å². The maximum absolute atomic E-state index is 12.9. The minimum Gasteiger partial charge on any atom is -0.355 e. The largest absolute Gasteiger partial charge is 0.355 e. The van der Waals surface area contributed by atoms with Crippen molar-refractivity contribution in [3.63, 3.8) is 0 Å². The van der Waals surface area contributed by atoms with Crippen molar-refractivity contribution < 1.29 is 19.2 Å². The summed E-state index contributed by atoms with van der Waals surface area (Å²) in [5.74, 6) is -0.639. The van der Waals surface area contributed by atoms with E-state index >= 15 is 0 Å². The first-order valence-corrected chi connectivity index (χ1v) is 9.82. The Morgan fingerprint density at radius 3 is 2.33 bits per heavy atom. The fraction of sp³-hybridized carbons (Fsp3) is 0.789. The van der Waals surface area contributed by atoms with Crippen LogP contribution in [-0.4, -0.2) is 53.8 Å². The van der Waals surface area contributed by atoms with E-state index in [1.165, 1.54) is 0 Å². The third-order valence-electron chi connectivity index (χ3n) is 6.22. The number of amides is 5. The molecule has 8 heteroatoms. The van der Waals surface area contributed by atoms with Crippen molar-refractivity contribution in [1.82, 2.24) is 20.9 Å². The number of hydrogen-bond donors (Lipinski definition) is 3. The average Bonchev–Trinajstić information content (AvgIpc) is 2.85. The van der Waals surface area contributed by atoms with Crippen LogP contribution in [0.4, 0.5) is 4.79 Å². The van der Waals surface area contributed by atoms with E-state index in [1.807, 2.05) is 0 Å². The molecule has 2 aliphatic rings. The number of likely N-dealkylation sites (N-methyl/N-ethyl adjacent to an activating group) is 1. The SMILES string of the molecule is CCNC(=O)CNC(=O)CN1C(=O)NC2(CCC(C(C)(C)CC)CC2)C1=O. The molecule has 1 aliphatic heterocycles. The Morgan fingerprint density at radius 2 is 1.78 bits per heavy atom. The minimum atomic E-state index is -0.878. The molecule has 0 aromatic rings. The molecule has 2 rings (SSSR count). The van der Waals surface area contributed by atoms with Gasteiger partial charge in [-0.05, 0) is 43.9 Å². The zero-order valence-corrected chi connectivity index (χ0v) is 16.8. The third kappa shape index (κ3) is 4.59. The number of urea groups is 1. The molecule has 0 atom stereocenters. The Balaban J connectivity index is 1.93. The molecule has 0 aromatic heterocycles. The second-order valence-electron chi connectivity index (χ2n) is 8.25. The summed E-state index contributed by atoms with van der Waals surface area (Å²) in [6.45, 7) is 8.38. The molecular weight excluding hydrogens is 348 g/mol. The van der Waals surface area contributed by atoms with Gasteiger partial charge < -0.3 is 16.0 Å². The predicted octanol–water partition coefficient (Wildman–Crippen LogP) is 1.16. The van der Waals surface area contributed by atoms with E-state index in [0.29, 0.717) is 25.3 Å². The van der Waals surface area contributed by atoms with E-state index in [4.69, 9.17) is 0 Å². The smallest absolute Gasteiger partial charge is 0.325 e. The fourth-order valence-corrected chi connectivity index (χ4v) is 3.98. The van der Waals surface area contributed by atoms with Crippen molar-refractivity contribution in [3.05, 3.63) is 0 Å². The van der Waals surface area contributed by atoms with Gasteiger partial charge in [0.05, 0.1) is 6.54 Å². The lowest BCUT2D eigenvalue weighted by atomic mass is 9.65. The van der Waals surface area contributed by atoms with Crippen LogP contribution in [0.2, 0.25) is 0 Å². The van der Waals surface area contributed by atoms with Crippen LogP contribution in [0.1, 0.15) is 59.8 Å². The molecule has 8 nitrogen and oxygen atoms in total. The highest BCUT2D eigenvalue weighted by Gasteiger charge is 2.53. The fourth-order valence-electron chi connectivity index (χ4n) is 3.98. The number of hydrogen-bond acceptors (Lipinski definition) is 4. The van der Waals surface area contributed by atoms with Gasteiger partial charge in [0, 0.05) is 6.54 Å². The maximum atomic E-state index is 12.9. The quantitative estimate of drug-likeness (QED) is 0.576. The maximum Gasteiger partial charge on any atom is 0.325 e. The minimum absolute atomic E-state index is 0.171. The Bertz CT molecular complexity index is 609. The number of nitrogens with one attached hydrogen (secondary N) is 3. The van der Waals surface area contributed by atoms with E-state index in [9.17, 15) is 19.2 Å². The highest BCUT2D eigenvalue weighted by Crippen LogP contribution is 2.45. The van der Waals surface area contributed by atoms with Crippen LogP contribution in [0.3, 0.4) is 0 Å². The van der Waals surface area contributed by atoms with E-state index in [0.717, 1.165) is 24.2 Å². The van der Waals surface area contributed by atoms with E-state index in [1.54, 1.807) is 6.92 Å². The second-order valence-corrected chi connectivity index (χ2v) is 8.25. The normalized spacial score (nSPS) is 25.5. The Hall–Kier alpha value is -2.12. The topological polar surface area (TPSA) is 108 Å². The summed E-state index contributed by atoms with van der Waals surface area (Å²) in [4.78, 5) is 49.6. The van der Waals surface area contributed by atoms with Crippen LogP contribution in [0, 0.1) is 11.3 Å². The average molecular weight is 380 g/mol. The van der Waals surface area contributed by atoms with E-state index in [2.05, 4.69) is 36.7 Å². The van der Waals surface area contributed by atoms with Crippen molar-refractivity contribution in [2.24, 2.45) is 11.3 Å². The lowest BCUT2D eigenvalue weighted by molar-refractivity contribution is -0.136. The molecule has 0 radical (unpaired) electrons. The molecule has 1 spiro atoms. The first-order chi connectivity index (χ1) is 12.6. The first-order valence-electron chi connectivity index (χ1n) is 9.82. The molecular formula is C19H32N4O4. The van der Waals surface area contributed by atoms with Crippen LogP contribution in [0.15, 0.2) is 0 Å². The van der Waals surface area contributed by atoms with Gasteiger partial charge in [0.1, 0.15) is 12.1 Å². The lowest BCUT2D eigenvalue weighted by Crippen LogP contribution is -2.51. The molecule has 1 saturated heterocycles. The Kier molecular flexibility index (Phi) is 6.49. The van der Waals surface area contributed by atoms with Crippen molar-refractivity contribution in [2.75, 3.05) is 19.6 Å². The highest BCUT2D eigenvalue weighted by atomic mass is 16.2. The van der Waals surface area contributed by atoms with Gasteiger partial charge in [-0.15, -0.1) is 0 Å². The Morgan fingerprint density at radius 1 is 1.15 bits per heavy atom. The zero-order chi connectivity index (χ0) is 20.2. The molecule has 1 heterocycles. The number of nitrogens with zero attached hydrogens (tertiary/aromatic N) is 1. The number of carbonyl (C=O) groups is 4. The van der Waals surface area contributed by atoms with Gasteiger partial charge in [0.2, 0.25) is 11.8 Å². The molecule has 27 heavy (non-hydrogen) atoms. The molecule has 1 aliphatic carbocycles. The standard InChI is InChI=1S/C19H32N4O4/c1-5-18(3,4)13-7-9-19(10-8-13)16(26)23(17(27)22-19)12-15(25)21-11-14(24)20-6-2/h13H,5-12H2,1-4H3,(H,20,24)(H,21,25)(H,22,27). The Labute approximate surface area is 160 Å². The van der Waals surface area contributed by atoms with Crippen LogP contribution < -0.4 is 16.0 Å². The summed E-state index contributed by atoms with van der Waals surface area (Å²) < 4.78 is 0. The van der Waals surface area contributed by atoms with Crippen molar-refractivity contribution in [3.8, 4) is 0 Å². The van der Waals surface area contributed by atoms with E-state index < -0.39 is 17.5 Å². The number of rotatable bonds is 7. The van der Waals surface area contributed by atoms with Crippen LogP contribution in [0.25, 0.3) is 0 Å². The monoisotopic (exact) mass is 380 g/mol. The van der Waals surface area contributed by atoms with Crippen LogP contribution in [-0.2, 0) is 14.4 Å². The summed E-state index contributed by atoms with van der Waals surface area (Å²) in [5, 5.41) is 7.83. The molecule has 5 amide bonds. The van der Waals surface area contributed by atoms with Gasteiger partial charge in [0.15, 0.2) is 0 Å². The van der Waals surface area contributed by atoms with Crippen molar-refractivity contribution >= 4 is 23.8 Å². The second kappa shape index (κ2) is 8.27. The number of imide groups is 1. The summed E-state index contributed by atoms with van der Waals surface area (Å²) in [6.07, 6.45) is 4.03. The summed E-state index contributed by atoms with van der Waals surface area (Å²) in [7, 11) is 0. The van der Waals surface area contributed by atoms with Gasteiger partial charge in [-0.25, -0.2) is 4.79 Å². The third-order valence-corrected chi connectivity index (χ3v) is 6.22. The highest BCUT2D eigenvalue weighted by molar-refractivity contribution is 6.09. The van der Waals surface area contributed by atoms with Gasteiger partial charge in [-0.3, -0.25) is 19.3 Å². The molecule has 3 N–H and O–H groups in total. The van der Waals surface area contributed by atoms with Crippen molar-refractivity contribution in [1.29, 1.82) is 0 Å². The van der Waals surface area contributed by atoms with Crippen LogP contribution in [0.5, 0.6) is 0 Å². The van der Waals surface area contributed by atoms with Gasteiger partial charge >= 0.3 is 6.03 Å². The molecule has 0 aromatic carbocycles. The molecule has 2 fully saturated rings. The zero-order valence-electron chi connectivity index (χ0n) is 16.8. The molecule has 0 unspecified atom stereocenters. The summed E-state index contributed by atoms with van der Waals surface area (Å²) in [6, 6.07) is -0.527. The first kappa shape index (κ1) is 21.2. The van der Waals surface area contributed by atoms with Gasteiger partial charge in [0.25, 0.3) is 5.91 Å². The summed E-state index contributed by atoms with van der Waals surface area (Å²) >= 11 is 0. The summed E-state index contributed by atoms with van der Waals surface area (Å²) in [5.41, 5.74) is -0.664. The molecule has 152 valence electrons.